The highest BCUT2D eigenvalue weighted by Gasteiger charge is 2.25. The van der Waals surface area contributed by atoms with Crippen molar-refractivity contribution < 1.29 is 9.53 Å². The Morgan fingerprint density at radius 3 is 2.66 bits per heavy atom. The molecule has 0 spiro atoms. The topological polar surface area (TPSA) is 92.3 Å². The number of thioether (sulfide) groups is 1. The molecule has 0 aliphatic carbocycles. The van der Waals surface area contributed by atoms with E-state index in [2.05, 4.69) is 21.5 Å². The monoisotopic (exact) mass is 443 g/mol. The molecule has 32 heavy (non-hydrogen) atoms. The van der Waals surface area contributed by atoms with Crippen molar-refractivity contribution in [3.63, 3.8) is 0 Å². The fourth-order valence-corrected chi connectivity index (χ4v) is 3.99. The number of nitriles is 1. The van der Waals surface area contributed by atoms with Crippen LogP contribution >= 0.6 is 11.8 Å². The van der Waals surface area contributed by atoms with Crippen molar-refractivity contribution in [2.45, 2.75) is 19.9 Å². The molecule has 160 valence electrons. The van der Waals surface area contributed by atoms with Crippen LogP contribution in [0.5, 0.6) is 5.75 Å². The molecule has 1 amide bonds. The number of amidine groups is 1. The third-order valence-electron chi connectivity index (χ3n) is 4.81. The third kappa shape index (κ3) is 4.90. The van der Waals surface area contributed by atoms with Crippen LogP contribution in [0.1, 0.15) is 17.5 Å². The maximum atomic E-state index is 12.6. The molecule has 1 aliphatic rings. The molecular weight excluding hydrogens is 422 g/mol. The molecule has 0 unspecified atom stereocenters. The number of benzene rings is 2. The molecule has 1 saturated heterocycles. The number of rotatable bonds is 6. The Hall–Kier alpha value is -3.83. The molecule has 4 rings (SSSR count). The van der Waals surface area contributed by atoms with Gasteiger partial charge in [-0.05, 0) is 61.2 Å². The van der Waals surface area contributed by atoms with Crippen LogP contribution in [0.2, 0.25) is 0 Å². The number of ether oxygens (including phenoxy) is 1. The summed E-state index contributed by atoms with van der Waals surface area (Å²) in [6.07, 6.45) is 4.02. The Kier molecular flexibility index (Phi) is 6.38. The van der Waals surface area contributed by atoms with Crippen LogP contribution < -0.4 is 10.1 Å². The highest BCUT2D eigenvalue weighted by atomic mass is 32.2. The summed E-state index contributed by atoms with van der Waals surface area (Å²) >= 11 is 1.29. The number of nitrogens with zero attached hydrogens (tertiary/aromatic N) is 4. The summed E-state index contributed by atoms with van der Waals surface area (Å²) < 4.78 is 6.97. The lowest BCUT2D eigenvalue weighted by Crippen LogP contribution is -2.19. The predicted octanol–water partition coefficient (Wildman–Crippen LogP) is 4.67. The summed E-state index contributed by atoms with van der Waals surface area (Å²) in [6.45, 7) is 2.49. The summed E-state index contributed by atoms with van der Waals surface area (Å²) in [5.41, 5.74) is 4.35. The van der Waals surface area contributed by atoms with Crippen LogP contribution in [-0.2, 0) is 11.3 Å². The van der Waals surface area contributed by atoms with Gasteiger partial charge in [0.1, 0.15) is 5.75 Å². The first-order chi connectivity index (χ1) is 15.6. The van der Waals surface area contributed by atoms with E-state index in [4.69, 9.17) is 10.00 Å². The summed E-state index contributed by atoms with van der Waals surface area (Å²) in [4.78, 5) is 17.6. The number of methoxy groups -OCH3 is 1. The lowest BCUT2D eigenvalue weighted by Gasteiger charge is -2.02. The predicted molar refractivity (Wildman–Crippen MR) is 126 cm³/mol. The molecule has 3 aromatic rings. The third-order valence-corrected chi connectivity index (χ3v) is 5.72. The molecule has 8 heteroatoms. The largest absolute Gasteiger partial charge is 0.497 e. The van der Waals surface area contributed by atoms with Gasteiger partial charge in [0, 0.05) is 17.3 Å². The van der Waals surface area contributed by atoms with Crippen LogP contribution in [0.3, 0.4) is 0 Å². The highest BCUT2D eigenvalue weighted by molar-refractivity contribution is 8.18. The molecule has 0 bridgehead atoms. The molecule has 1 aliphatic heterocycles. The summed E-state index contributed by atoms with van der Waals surface area (Å²) in [7, 11) is 1.62. The maximum absolute atomic E-state index is 12.6. The standard InChI is InChI=1S/C24H21N5O2S/c1-16-4-8-19(9-5-16)26-24-27-23(30)21(32-24)14-18-15-29(13-3-12-25)28-22(18)17-6-10-20(31-2)11-7-17/h4-11,14-15H,3,13H2,1-2H3,(H,26,27,30)/b21-14-. The van der Waals surface area contributed by atoms with Crippen molar-refractivity contribution in [3.05, 3.63) is 70.8 Å². The van der Waals surface area contributed by atoms with Crippen molar-refractivity contribution in [1.82, 2.24) is 15.1 Å². The quantitative estimate of drug-likeness (QED) is 0.559. The first kappa shape index (κ1) is 21.4. The van der Waals surface area contributed by atoms with Gasteiger partial charge >= 0.3 is 0 Å². The van der Waals surface area contributed by atoms with Crippen LogP contribution in [0, 0.1) is 18.3 Å². The molecule has 0 atom stereocenters. The van der Waals surface area contributed by atoms with Crippen molar-refractivity contribution in [2.75, 3.05) is 7.11 Å². The summed E-state index contributed by atoms with van der Waals surface area (Å²) in [6, 6.07) is 17.5. The zero-order chi connectivity index (χ0) is 22.5. The van der Waals surface area contributed by atoms with Crippen LogP contribution in [0.25, 0.3) is 17.3 Å². The minimum absolute atomic E-state index is 0.202. The number of carbonyl (C=O) groups is 1. The Balaban J connectivity index is 1.65. The molecule has 1 aromatic heterocycles. The van der Waals surface area contributed by atoms with Gasteiger partial charge < -0.3 is 10.1 Å². The number of amides is 1. The average molecular weight is 444 g/mol. The van der Waals surface area contributed by atoms with Gasteiger partial charge in [0.05, 0.1) is 42.4 Å². The van der Waals surface area contributed by atoms with Gasteiger partial charge in [-0.15, -0.1) is 0 Å². The zero-order valence-electron chi connectivity index (χ0n) is 17.7. The van der Waals surface area contributed by atoms with Gasteiger partial charge in [0.15, 0.2) is 5.17 Å². The molecule has 1 fully saturated rings. The van der Waals surface area contributed by atoms with Gasteiger partial charge in [-0.1, -0.05) is 17.7 Å². The van der Waals surface area contributed by atoms with Crippen LogP contribution in [0.4, 0.5) is 5.69 Å². The normalized spacial score (nSPS) is 15.7. The lowest BCUT2D eigenvalue weighted by molar-refractivity contribution is -0.115. The molecular formula is C24H21N5O2S. The minimum Gasteiger partial charge on any atom is -0.497 e. The van der Waals surface area contributed by atoms with E-state index < -0.39 is 0 Å². The van der Waals surface area contributed by atoms with E-state index in [1.54, 1.807) is 11.8 Å². The van der Waals surface area contributed by atoms with E-state index in [0.717, 1.165) is 33.8 Å². The second-order valence-corrected chi connectivity index (χ2v) is 8.18. The van der Waals surface area contributed by atoms with Crippen molar-refractivity contribution in [1.29, 1.82) is 5.26 Å². The Labute approximate surface area is 190 Å². The number of aromatic nitrogens is 2. The number of nitrogens with one attached hydrogen (secondary N) is 1. The van der Waals surface area contributed by atoms with E-state index in [1.807, 2.05) is 67.7 Å². The molecule has 0 radical (unpaired) electrons. The van der Waals surface area contributed by atoms with Crippen LogP contribution in [-0.4, -0.2) is 28.0 Å². The van der Waals surface area contributed by atoms with Crippen molar-refractivity contribution in [2.24, 2.45) is 4.99 Å². The molecule has 2 aromatic carbocycles. The van der Waals surface area contributed by atoms with Gasteiger partial charge in [0.2, 0.25) is 0 Å². The minimum atomic E-state index is -0.202. The van der Waals surface area contributed by atoms with Gasteiger partial charge in [-0.2, -0.15) is 10.4 Å². The number of carbonyl (C=O) groups excluding carboxylic acids is 1. The van der Waals surface area contributed by atoms with E-state index in [-0.39, 0.29) is 5.91 Å². The van der Waals surface area contributed by atoms with Gasteiger partial charge in [-0.25, -0.2) is 4.99 Å². The van der Waals surface area contributed by atoms with E-state index >= 15 is 0 Å². The fraction of sp³-hybridized carbons (Fsp3) is 0.167. The summed E-state index contributed by atoms with van der Waals surface area (Å²) in [5, 5.41) is 16.9. The highest BCUT2D eigenvalue weighted by Crippen LogP contribution is 2.32. The maximum Gasteiger partial charge on any atom is 0.264 e. The number of hydrogen-bond donors (Lipinski definition) is 1. The van der Waals surface area contributed by atoms with E-state index in [0.29, 0.717) is 23.0 Å². The Bertz CT molecular complexity index is 1230. The number of aliphatic imine (C=N–C) groups is 1. The average Bonchev–Trinajstić information content (AvgIpc) is 3.36. The number of aryl methyl sites for hydroxylation is 2. The van der Waals surface area contributed by atoms with E-state index in [1.165, 1.54) is 11.8 Å². The van der Waals surface area contributed by atoms with Crippen molar-refractivity contribution in [3.8, 4) is 23.1 Å². The first-order valence-corrected chi connectivity index (χ1v) is 10.8. The number of hydrogen-bond acceptors (Lipinski definition) is 6. The second kappa shape index (κ2) is 9.54. The summed E-state index contributed by atoms with van der Waals surface area (Å²) in [5.74, 6) is 0.548. The Morgan fingerprint density at radius 2 is 1.97 bits per heavy atom. The molecule has 7 nitrogen and oxygen atoms in total. The zero-order valence-corrected chi connectivity index (χ0v) is 18.5. The Morgan fingerprint density at radius 1 is 1.22 bits per heavy atom. The van der Waals surface area contributed by atoms with Crippen LogP contribution in [0.15, 0.2) is 64.6 Å². The van der Waals surface area contributed by atoms with Crippen molar-refractivity contribution >= 4 is 34.6 Å². The van der Waals surface area contributed by atoms with E-state index in [9.17, 15) is 4.79 Å². The molecule has 1 N–H and O–H groups in total. The van der Waals surface area contributed by atoms with Gasteiger partial charge in [0.25, 0.3) is 5.91 Å². The lowest BCUT2D eigenvalue weighted by atomic mass is 10.1. The smallest absolute Gasteiger partial charge is 0.264 e. The second-order valence-electron chi connectivity index (χ2n) is 7.15. The first-order valence-electron chi connectivity index (χ1n) is 10.0. The fourth-order valence-electron chi connectivity index (χ4n) is 3.15. The SMILES string of the molecule is COc1ccc(-c2nn(CCC#N)cc2/C=C2\SC(=Nc3ccc(C)cc3)NC2=O)cc1. The molecule has 2 heterocycles. The van der Waals surface area contributed by atoms with Gasteiger partial charge in [-0.3, -0.25) is 9.48 Å². The molecule has 0 saturated carbocycles.